The lowest BCUT2D eigenvalue weighted by molar-refractivity contribution is 0.00194. The highest BCUT2D eigenvalue weighted by molar-refractivity contribution is 6.30. The number of methoxy groups -OCH3 is 1. The van der Waals surface area contributed by atoms with Crippen molar-refractivity contribution in [2.75, 3.05) is 13.7 Å². The second kappa shape index (κ2) is 12.2. The first-order valence-corrected chi connectivity index (χ1v) is 13.5. The van der Waals surface area contributed by atoms with Gasteiger partial charge in [0.1, 0.15) is 28.4 Å². The second-order valence-electron chi connectivity index (χ2n) is 10.8. The zero-order chi connectivity index (χ0) is 29.0. The second-order valence-corrected chi connectivity index (χ2v) is 11.2. The molecule has 0 radical (unpaired) electrons. The normalized spacial score (nSPS) is 15.5. The summed E-state index contributed by atoms with van der Waals surface area (Å²) in [6.07, 6.45) is 0.541. The van der Waals surface area contributed by atoms with Crippen LogP contribution in [0.2, 0.25) is 5.02 Å². The number of aliphatic hydroxyl groups is 1. The number of aliphatic hydroxyl groups excluding tert-OH is 1. The molecule has 2 atom stereocenters. The largest absolute Gasteiger partial charge is 0.496 e. The molecule has 1 amide bonds. The number of rotatable bonds is 8. The van der Waals surface area contributed by atoms with Gasteiger partial charge in [-0.05, 0) is 99.2 Å². The number of ether oxygens (including phenoxy) is 3. The van der Waals surface area contributed by atoms with Gasteiger partial charge in [-0.25, -0.2) is 9.59 Å². The highest BCUT2D eigenvalue weighted by Crippen LogP contribution is 2.33. The standard InChI is InChI=1S/C31H34ClNO7/c1-31(2,3)40-30(37)33(18-27(34)20-6-5-7-22(32)14-20)23-10-8-19-9-11-24(16-21(19)15-23)39-25-12-13-28(38-4)26(17-25)29(35)36/h5-7,9,11-14,16-17,23,27,34H,8,10,15,18H2,1-4H3,(H,35,36)/t23-,27+/m0/s1. The number of hydrogen-bond acceptors (Lipinski definition) is 6. The number of benzene rings is 3. The summed E-state index contributed by atoms with van der Waals surface area (Å²) in [5, 5.41) is 21.0. The SMILES string of the molecule is COc1ccc(Oc2ccc3c(c2)C[C@@H](N(C[C@@H](O)c2cccc(Cl)c2)C(=O)OC(C)(C)C)CC3)cc1C(=O)O. The number of nitrogens with zero attached hydrogens (tertiary/aromatic N) is 1. The van der Waals surface area contributed by atoms with Gasteiger partial charge in [0.15, 0.2) is 0 Å². The van der Waals surface area contributed by atoms with Crippen molar-refractivity contribution in [1.29, 1.82) is 0 Å². The van der Waals surface area contributed by atoms with Crippen LogP contribution in [0.25, 0.3) is 0 Å². The fourth-order valence-corrected chi connectivity index (χ4v) is 5.00. The Balaban J connectivity index is 1.57. The third-order valence-corrected chi connectivity index (χ3v) is 6.92. The van der Waals surface area contributed by atoms with E-state index in [2.05, 4.69) is 0 Å². The molecule has 0 saturated carbocycles. The van der Waals surface area contributed by atoms with E-state index in [1.807, 2.05) is 39.0 Å². The van der Waals surface area contributed by atoms with Crippen molar-refractivity contribution in [1.82, 2.24) is 4.90 Å². The molecule has 0 saturated heterocycles. The van der Waals surface area contributed by atoms with Crippen molar-refractivity contribution in [2.45, 2.75) is 57.8 Å². The number of carboxylic acids is 1. The number of carboxylic acid groups (broad SMARTS) is 1. The summed E-state index contributed by atoms with van der Waals surface area (Å²) in [5.41, 5.74) is 2.07. The lowest BCUT2D eigenvalue weighted by Crippen LogP contribution is -2.47. The van der Waals surface area contributed by atoms with Gasteiger partial charge in [0.2, 0.25) is 0 Å². The first-order valence-electron chi connectivity index (χ1n) is 13.1. The molecule has 8 nitrogen and oxygen atoms in total. The van der Waals surface area contributed by atoms with Gasteiger partial charge in [-0.15, -0.1) is 0 Å². The van der Waals surface area contributed by atoms with Gasteiger partial charge in [0, 0.05) is 11.1 Å². The minimum atomic E-state index is -1.11. The number of aryl methyl sites for hydroxylation is 1. The van der Waals surface area contributed by atoms with Crippen LogP contribution in [-0.4, -0.2) is 52.5 Å². The van der Waals surface area contributed by atoms with E-state index in [9.17, 15) is 19.8 Å². The number of amides is 1. The Hall–Kier alpha value is -3.75. The number of carbonyl (C=O) groups excluding carboxylic acids is 1. The average molecular weight is 568 g/mol. The summed E-state index contributed by atoms with van der Waals surface area (Å²) in [6, 6.07) is 17.1. The first kappa shape index (κ1) is 29.2. The maximum atomic E-state index is 13.3. The molecule has 9 heteroatoms. The predicted molar refractivity (Wildman–Crippen MR) is 152 cm³/mol. The average Bonchev–Trinajstić information content (AvgIpc) is 2.90. The zero-order valence-corrected chi connectivity index (χ0v) is 23.8. The van der Waals surface area contributed by atoms with Crippen molar-refractivity contribution >= 4 is 23.7 Å². The van der Waals surface area contributed by atoms with Crippen molar-refractivity contribution < 1.29 is 34.0 Å². The van der Waals surface area contributed by atoms with E-state index in [4.69, 9.17) is 25.8 Å². The summed E-state index contributed by atoms with van der Waals surface area (Å²) < 4.78 is 16.8. The van der Waals surface area contributed by atoms with Crippen molar-refractivity contribution in [3.63, 3.8) is 0 Å². The number of aromatic carboxylic acids is 1. The molecular weight excluding hydrogens is 534 g/mol. The Morgan fingerprint density at radius 1 is 1.05 bits per heavy atom. The molecule has 3 aromatic carbocycles. The first-order chi connectivity index (χ1) is 18.9. The van der Waals surface area contributed by atoms with E-state index in [0.717, 1.165) is 17.5 Å². The quantitative estimate of drug-likeness (QED) is 0.313. The summed E-state index contributed by atoms with van der Waals surface area (Å²) in [4.78, 5) is 26.5. The number of halogens is 1. The van der Waals surface area contributed by atoms with Crippen LogP contribution in [0.3, 0.4) is 0 Å². The van der Waals surface area contributed by atoms with Gasteiger partial charge in [0.05, 0.1) is 19.8 Å². The van der Waals surface area contributed by atoms with Gasteiger partial charge in [-0.2, -0.15) is 0 Å². The van der Waals surface area contributed by atoms with Gasteiger partial charge in [-0.3, -0.25) is 0 Å². The molecule has 0 spiro atoms. The van der Waals surface area contributed by atoms with E-state index in [1.165, 1.54) is 13.2 Å². The number of fused-ring (bicyclic) bond motifs is 1. The van der Waals surface area contributed by atoms with Crippen molar-refractivity contribution in [2.24, 2.45) is 0 Å². The molecule has 2 N–H and O–H groups in total. The molecule has 4 rings (SSSR count). The summed E-state index contributed by atoms with van der Waals surface area (Å²) in [7, 11) is 1.41. The number of carbonyl (C=O) groups is 2. The molecule has 3 aromatic rings. The maximum absolute atomic E-state index is 13.3. The predicted octanol–water partition coefficient (Wildman–Crippen LogP) is 6.67. The van der Waals surface area contributed by atoms with Gasteiger partial charge in [0.25, 0.3) is 0 Å². The molecular formula is C31H34ClNO7. The van der Waals surface area contributed by atoms with E-state index < -0.39 is 23.8 Å². The maximum Gasteiger partial charge on any atom is 0.410 e. The molecule has 0 aromatic heterocycles. The van der Waals surface area contributed by atoms with Gasteiger partial charge >= 0.3 is 12.1 Å². The Kier molecular flexibility index (Phi) is 8.91. The third kappa shape index (κ3) is 7.25. The molecule has 212 valence electrons. The summed E-state index contributed by atoms with van der Waals surface area (Å²) in [5.74, 6) is 0.0438. The van der Waals surface area contributed by atoms with E-state index >= 15 is 0 Å². The van der Waals surface area contributed by atoms with Crippen LogP contribution in [0.4, 0.5) is 4.79 Å². The molecule has 0 heterocycles. The van der Waals surface area contributed by atoms with Crippen molar-refractivity contribution in [3.05, 3.63) is 87.9 Å². The Morgan fingerprint density at radius 3 is 2.45 bits per heavy atom. The molecule has 0 bridgehead atoms. The lowest BCUT2D eigenvalue weighted by atomic mass is 9.87. The van der Waals surface area contributed by atoms with Crippen LogP contribution < -0.4 is 9.47 Å². The molecule has 0 aliphatic heterocycles. The monoisotopic (exact) mass is 567 g/mol. The van der Waals surface area contributed by atoms with Gasteiger partial charge in [-0.1, -0.05) is 29.8 Å². The molecule has 0 fully saturated rings. The van der Waals surface area contributed by atoms with Crippen LogP contribution in [0.15, 0.2) is 60.7 Å². The van der Waals surface area contributed by atoms with Crippen LogP contribution in [0, 0.1) is 0 Å². The van der Waals surface area contributed by atoms with Crippen LogP contribution in [0.1, 0.15) is 60.3 Å². The summed E-state index contributed by atoms with van der Waals surface area (Å²) >= 11 is 6.13. The Morgan fingerprint density at radius 2 is 1.77 bits per heavy atom. The topological polar surface area (TPSA) is 106 Å². The lowest BCUT2D eigenvalue weighted by Gasteiger charge is -2.37. The molecule has 1 aliphatic carbocycles. The highest BCUT2D eigenvalue weighted by atomic mass is 35.5. The molecule has 1 aliphatic rings. The van der Waals surface area contributed by atoms with E-state index in [1.54, 1.807) is 41.3 Å². The highest BCUT2D eigenvalue weighted by Gasteiger charge is 2.33. The van der Waals surface area contributed by atoms with Crippen LogP contribution in [0.5, 0.6) is 17.2 Å². The van der Waals surface area contributed by atoms with Crippen LogP contribution in [-0.2, 0) is 17.6 Å². The van der Waals surface area contributed by atoms with E-state index in [0.29, 0.717) is 34.9 Å². The zero-order valence-electron chi connectivity index (χ0n) is 23.0. The third-order valence-electron chi connectivity index (χ3n) is 6.69. The summed E-state index contributed by atoms with van der Waals surface area (Å²) in [6.45, 7) is 5.48. The van der Waals surface area contributed by atoms with Crippen LogP contribution >= 0.6 is 11.6 Å². The number of hydrogen-bond donors (Lipinski definition) is 2. The fraction of sp³-hybridized carbons (Fsp3) is 0.355. The van der Waals surface area contributed by atoms with Crippen molar-refractivity contribution in [3.8, 4) is 17.2 Å². The molecule has 40 heavy (non-hydrogen) atoms. The molecule has 0 unspecified atom stereocenters. The Bertz CT molecular complexity index is 1380. The fourth-order valence-electron chi connectivity index (χ4n) is 4.80. The smallest absolute Gasteiger partial charge is 0.410 e. The van der Waals surface area contributed by atoms with E-state index in [-0.39, 0.29) is 23.9 Å². The minimum absolute atomic E-state index is 0.00397. The van der Waals surface area contributed by atoms with Gasteiger partial charge < -0.3 is 29.3 Å². The minimum Gasteiger partial charge on any atom is -0.496 e. The Labute approximate surface area is 239 Å².